The van der Waals surface area contributed by atoms with Crippen molar-refractivity contribution in [2.24, 2.45) is 5.92 Å². The number of rotatable bonds is 6. The minimum atomic E-state index is -0.549. The molecular weight excluding hydrogens is 444 g/mol. The highest BCUT2D eigenvalue weighted by atomic mass is 16.6. The van der Waals surface area contributed by atoms with E-state index in [1.807, 2.05) is 27.9 Å². The van der Waals surface area contributed by atoms with Crippen molar-refractivity contribution in [3.05, 3.63) is 23.3 Å². The van der Waals surface area contributed by atoms with Crippen molar-refractivity contribution in [1.29, 1.82) is 0 Å². The van der Waals surface area contributed by atoms with E-state index < -0.39 is 17.2 Å². The van der Waals surface area contributed by atoms with E-state index in [4.69, 9.17) is 14.2 Å². The number of hydrogen-bond acceptors (Lipinski definition) is 7. The molecule has 1 aromatic rings. The molecule has 0 amide bonds. The van der Waals surface area contributed by atoms with E-state index in [9.17, 15) is 9.90 Å². The highest BCUT2D eigenvalue weighted by Crippen LogP contribution is 2.66. The number of esters is 1. The average molecular weight is 487 g/mol. The lowest BCUT2D eigenvalue weighted by atomic mass is 9.48. The number of ether oxygens (including phenoxy) is 3. The molecule has 194 valence electrons. The SMILES string of the molecule is CC[C@H](C)[C@H](NC1CC[C@@]2(OC)[C@H]3Cc4ccc(O)c5c4[C@@]2(CCN3C)C1O5)C(=O)OC(C)(C)C. The molecule has 0 aromatic heterocycles. The van der Waals surface area contributed by atoms with Gasteiger partial charge in [0.1, 0.15) is 17.7 Å². The van der Waals surface area contributed by atoms with Gasteiger partial charge in [-0.05, 0) is 77.6 Å². The lowest BCUT2D eigenvalue weighted by Gasteiger charge is -2.65. The van der Waals surface area contributed by atoms with Crippen molar-refractivity contribution < 1.29 is 24.1 Å². The van der Waals surface area contributed by atoms with Crippen molar-refractivity contribution in [3.8, 4) is 11.5 Å². The predicted molar refractivity (Wildman–Crippen MR) is 134 cm³/mol. The van der Waals surface area contributed by atoms with E-state index in [-0.39, 0.29) is 41.2 Å². The quantitative estimate of drug-likeness (QED) is 0.596. The Bertz CT molecular complexity index is 1010. The number of likely N-dealkylation sites (tertiary alicyclic amines) is 1. The number of phenols is 1. The highest BCUT2D eigenvalue weighted by Gasteiger charge is 2.73. The lowest BCUT2D eigenvalue weighted by Crippen LogP contribution is -2.78. The van der Waals surface area contributed by atoms with Crippen LogP contribution in [0.4, 0.5) is 0 Å². The number of carbonyl (C=O) groups excluding carboxylic acids is 1. The minimum Gasteiger partial charge on any atom is -0.504 e. The maximum atomic E-state index is 13.3. The summed E-state index contributed by atoms with van der Waals surface area (Å²) in [6, 6.07) is 3.58. The Balaban J connectivity index is 1.57. The minimum absolute atomic E-state index is 0.0633. The van der Waals surface area contributed by atoms with Gasteiger partial charge in [-0.2, -0.15) is 0 Å². The molecule has 7 nitrogen and oxygen atoms in total. The van der Waals surface area contributed by atoms with Crippen molar-refractivity contribution >= 4 is 5.97 Å². The number of benzene rings is 1. The number of hydrogen-bond donors (Lipinski definition) is 2. The zero-order valence-corrected chi connectivity index (χ0v) is 22.3. The second-order valence-electron chi connectivity index (χ2n) is 12.2. The van der Waals surface area contributed by atoms with Gasteiger partial charge in [0, 0.05) is 24.8 Å². The molecule has 2 bridgehead atoms. The van der Waals surface area contributed by atoms with Crippen molar-refractivity contribution in [1.82, 2.24) is 10.2 Å². The van der Waals surface area contributed by atoms with Crippen LogP contribution in [0.25, 0.3) is 0 Å². The third-order valence-electron chi connectivity index (χ3n) is 9.32. The number of nitrogens with one attached hydrogen (secondary N) is 1. The van der Waals surface area contributed by atoms with Gasteiger partial charge in [-0.3, -0.25) is 10.1 Å². The van der Waals surface area contributed by atoms with E-state index in [1.54, 1.807) is 6.07 Å². The van der Waals surface area contributed by atoms with Crippen molar-refractivity contribution in [2.45, 2.75) is 108 Å². The fourth-order valence-corrected chi connectivity index (χ4v) is 7.61. The first-order valence-electron chi connectivity index (χ1n) is 13.3. The first kappa shape index (κ1) is 24.8. The largest absolute Gasteiger partial charge is 0.504 e. The van der Waals surface area contributed by atoms with Gasteiger partial charge < -0.3 is 24.2 Å². The Morgan fingerprint density at radius 2 is 2.09 bits per heavy atom. The van der Waals surface area contributed by atoms with Gasteiger partial charge in [-0.25, -0.2) is 0 Å². The van der Waals surface area contributed by atoms with Gasteiger partial charge in [0.2, 0.25) is 0 Å². The van der Waals surface area contributed by atoms with Gasteiger partial charge in [-0.15, -0.1) is 0 Å². The normalized spacial score (nSPS) is 35.1. The van der Waals surface area contributed by atoms with Crippen LogP contribution in [0.5, 0.6) is 11.5 Å². The van der Waals surface area contributed by atoms with Crippen molar-refractivity contribution in [3.63, 3.8) is 0 Å². The summed E-state index contributed by atoms with van der Waals surface area (Å²) in [7, 11) is 4.04. The van der Waals surface area contributed by atoms with Crippen LogP contribution in [0.1, 0.15) is 71.4 Å². The molecule has 2 aliphatic heterocycles. The van der Waals surface area contributed by atoms with Gasteiger partial charge >= 0.3 is 5.97 Å². The van der Waals surface area contributed by atoms with Crippen LogP contribution < -0.4 is 10.1 Å². The summed E-state index contributed by atoms with van der Waals surface area (Å²) in [5.74, 6) is 0.708. The average Bonchev–Trinajstić information content (AvgIpc) is 3.16. The fraction of sp³-hybridized carbons (Fsp3) is 0.750. The van der Waals surface area contributed by atoms with Crippen LogP contribution in [0.3, 0.4) is 0 Å². The lowest BCUT2D eigenvalue weighted by molar-refractivity contribution is -0.204. The summed E-state index contributed by atoms with van der Waals surface area (Å²) in [6.07, 6.45) is 4.09. The number of aromatic hydroxyl groups is 1. The molecule has 2 heterocycles. The van der Waals surface area contributed by atoms with E-state index in [2.05, 4.69) is 37.2 Å². The molecule has 2 aliphatic carbocycles. The van der Waals surface area contributed by atoms with Gasteiger partial charge in [-0.1, -0.05) is 26.3 Å². The standard InChI is InChI=1S/C28H42N2O5/c1-8-16(2)22(25(32)35-26(3,4)5)29-18-11-12-28(33-7)20-15-17-9-10-19(31)23-21(17)27(28,24(18)34-23)13-14-30(20)6/h9-10,16,18,20,22,24,29,31H,8,11-15H2,1-7H3/t16-,18?,20+,22-,24?,27-,28+/m0/s1. The van der Waals surface area contributed by atoms with Crippen LogP contribution in [0, 0.1) is 5.92 Å². The number of carbonyl (C=O) groups is 1. The molecule has 5 rings (SSSR count). The zero-order chi connectivity index (χ0) is 25.3. The van der Waals surface area contributed by atoms with E-state index in [0.717, 1.165) is 44.2 Å². The Morgan fingerprint density at radius 3 is 2.74 bits per heavy atom. The topological polar surface area (TPSA) is 80.3 Å². The summed E-state index contributed by atoms with van der Waals surface area (Å²) < 4.78 is 19.1. The maximum absolute atomic E-state index is 13.3. The summed E-state index contributed by atoms with van der Waals surface area (Å²) in [5, 5.41) is 14.6. The molecule has 2 unspecified atom stereocenters. The number of piperidine rings is 1. The molecule has 2 fully saturated rings. The van der Waals surface area contributed by atoms with E-state index >= 15 is 0 Å². The molecule has 7 heteroatoms. The first-order valence-corrected chi connectivity index (χ1v) is 13.3. The molecule has 4 aliphatic rings. The zero-order valence-electron chi connectivity index (χ0n) is 22.3. The molecule has 7 atom stereocenters. The third kappa shape index (κ3) is 3.45. The van der Waals surface area contributed by atoms with Crippen LogP contribution in [0.2, 0.25) is 0 Å². The number of nitrogens with zero attached hydrogens (tertiary/aromatic N) is 1. The second kappa shape index (κ2) is 8.35. The Hall–Kier alpha value is -1.83. The van der Waals surface area contributed by atoms with E-state index in [0.29, 0.717) is 5.75 Å². The number of likely N-dealkylation sites (N-methyl/N-ethyl adjacent to an activating group) is 1. The van der Waals surface area contributed by atoms with Crippen molar-refractivity contribution in [2.75, 3.05) is 20.7 Å². The molecule has 2 N–H and O–H groups in total. The second-order valence-corrected chi connectivity index (χ2v) is 12.2. The van der Waals surface area contributed by atoms with Crippen LogP contribution in [-0.4, -0.2) is 72.1 Å². The Labute approximate surface area is 209 Å². The van der Waals surface area contributed by atoms with Gasteiger partial charge in [0.25, 0.3) is 0 Å². The van der Waals surface area contributed by atoms with Gasteiger partial charge in [0.15, 0.2) is 11.5 Å². The summed E-state index contributed by atoms with van der Waals surface area (Å²) in [5.41, 5.74) is 1.07. The third-order valence-corrected chi connectivity index (χ3v) is 9.32. The first-order chi connectivity index (χ1) is 16.5. The molecule has 1 spiro atoms. The number of phenolic OH excluding ortho intramolecular Hbond substituents is 1. The summed E-state index contributed by atoms with van der Waals surface area (Å²) in [4.78, 5) is 15.7. The molecule has 1 aromatic carbocycles. The molecule has 35 heavy (non-hydrogen) atoms. The Morgan fingerprint density at radius 1 is 1.34 bits per heavy atom. The molecule has 0 radical (unpaired) electrons. The van der Waals surface area contributed by atoms with Gasteiger partial charge in [0.05, 0.1) is 11.0 Å². The highest BCUT2D eigenvalue weighted by molar-refractivity contribution is 5.76. The predicted octanol–water partition coefficient (Wildman–Crippen LogP) is 3.54. The molecule has 1 saturated heterocycles. The fourth-order valence-electron chi connectivity index (χ4n) is 7.61. The summed E-state index contributed by atoms with van der Waals surface area (Å²) in [6.45, 7) is 10.9. The maximum Gasteiger partial charge on any atom is 0.323 e. The Kier molecular flexibility index (Phi) is 5.93. The monoisotopic (exact) mass is 486 g/mol. The smallest absolute Gasteiger partial charge is 0.323 e. The molecule has 1 saturated carbocycles. The summed E-state index contributed by atoms with van der Waals surface area (Å²) >= 11 is 0. The van der Waals surface area contributed by atoms with Crippen LogP contribution >= 0.6 is 0 Å². The molecular formula is C28H42N2O5. The van der Waals surface area contributed by atoms with Crippen LogP contribution in [-0.2, 0) is 26.1 Å². The van der Waals surface area contributed by atoms with Crippen LogP contribution in [0.15, 0.2) is 12.1 Å². The number of methoxy groups -OCH3 is 1. The van der Waals surface area contributed by atoms with E-state index in [1.165, 1.54) is 5.56 Å².